The number of rotatable bonds is 3. The van der Waals surface area contributed by atoms with Crippen LogP contribution in [0.15, 0.2) is 18.2 Å². The molecule has 2 atom stereocenters. The second-order valence-corrected chi connectivity index (χ2v) is 5.60. The van der Waals surface area contributed by atoms with Gasteiger partial charge >= 0.3 is 0 Å². The van der Waals surface area contributed by atoms with Crippen molar-refractivity contribution < 1.29 is 9.84 Å². The fraction of sp³-hybridized carbons (Fsp3) is 0.571. The van der Waals surface area contributed by atoms with Gasteiger partial charge in [0.2, 0.25) is 0 Å². The molecule has 2 rings (SSSR count). The minimum atomic E-state index is -0.741. The smallest absolute Gasteiger partial charge is 0.0711 e. The van der Waals surface area contributed by atoms with Gasteiger partial charge in [-0.05, 0) is 37.5 Å². The maximum absolute atomic E-state index is 10.5. The molecular weight excluding hydrogens is 236 g/mol. The molecule has 2 unspecified atom stereocenters. The molecule has 1 aromatic rings. The summed E-state index contributed by atoms with van der Waals surface area (Å²) in [6.07, 6.45) is 1.51. The normalized spacial score (nSPS) is 23.6. The Bertz CT molecular complexity index is 395. The summed E-state index contributed by atoms with van der Waals surface area (Å²) in [6.45, 7) is 5.29. The van der Waals surface area contributed by atoms with Crippen LogP contribution in [-0.2, 0) is 11.2 Å². The van der Waals surface area contributed by atoms with Crippen molar-refractivity contribution in [2.75, 3.05) is 13.2 Å². The van der Waals surface area contributed by atoms with Gasteiger partial charge in [0.1, 0.15) is 0 Å². The average Bonchev–Trinajstić information content (AvgIpc) is 2.76. The molecule has 0 aliphatic carbocycles. The molecule has 1 aromatic carbocycles. The summed E-state index contributed by atoms with van der Waals surface area (Å²) in [5, 5.41) is 11.3. The third-order valence-electron chi connectivity index (χ3n) is 3.57. The van der Waals surface area contributed by atoms with Crippen LogP contribution in [0.1, 0.15) is 24.5 Å². The third-order valence-corrected chi connectivity index (χ3v) is 3.92. The van der Waals surface area contributed by atoms with E-state index in [-0.39, 0.29) is 5.92 Å². The molecule has 17 heavy (non-hydrogen) atoms. The summed E-state index contributed by atoms with van der Waals surface area (Å²) in [7, 11) is 0. The van der Waals surface area contributed by atoms with Crippen LogP contribution >= 0.6 is 11.6 Å². The van der Waals surface area contributed by atoms with E-state index in [1.165, 1.54) is 0 Å². The van der Waals surface area contributed by atoms with Gasteiger partial charge in [-0.3, -0.25) is 0 Å². The Kier molecular flexibility index (Phi) is 3.76. The van der Waals surface area contributed by atoms with Crippen LogP contribution in [0.2, 0.25) is 5.02 Å². The van der Waals surface area contributed by atoms with E-state index in [2.05, 4.69) is 0 Å². The number of hydrogen-bond donors (Lipinski definition) is 1. The fourth-order valence-electron chi connectivity index (χ4n) is 2.35. The van der Waals surface area contributed by atoms with Gasteiger partial charge in [-0.15, -0.1) is 0 Å². The zero-order valence-electron chi connectivity index (χ0n) is 10.4. The molecule has 0 saturated carbocycles. The van der Waals surface area contributed by atoms with Gasteiger partial charge in [-0.25, -0.2) is 0 Å². The van der Waals surface area contributed by atoms with Crippen molar-refractivity contribution in [2.24, 2.45) is 5.92 Å². The van der Waals surface area contributed by atoms with E-state index in [1.54, 1.807) is 0 Å². The molecule has 0 aromatic heterocycles. The van der Waals surface area contributed by atoms with Crippen LogP contribution < -0.4 is 0 Å². The summed E-state index contributed by atoms with van der Waals surface area (Å²) >= 11 is 6.20. The Balaban J connectivity index is 2.13. The molecule has 2 nitrogen and oxygen atoms in total. The van der Waals surface area contributed by atoms with E-state index in [1.807, 2.05) is 32.0 Å². The number of aliphatic hydroxyl groups is 1. The summed E-state index contributed by atoms with van der Waals surface area (Å²) in [5.41, 5.74) is 1.41. The molecule has 1 aliphatic heterocycles. The van der Waals surface area contributed by atoms with E-state index in [0.29, 0.717) is 13.0 Å². The fourth-order valence-corrected chi connectivity index (χ4v) is 2.65. The van der Waals surface area contributed by atoms with E-state index in [4.69, 9.17) is 16.3 Å². The SMILES string of the molecule is Cc1ccc(CC(C)(O)C2CCOC2)c(Cl)c1. The molecule has 1 aliphatic rings. The molecule has 3 heteroatoms. The van der Waals surface area contributed by atoms with Crippen molar-refractivity contribution in [3.8, 4) is 0 Å². The van der Waals surface area contributed by atoms with Crippen molar-refractivity contribution >= 4 is 11.6 Å². The molecular formula is C14H19ClO2. The number of aryl methyl sites for hydroxylation is 1. The van der Waals surface area contributed by atoms with Gasteiger partial charge in [0, 0.05) is 24.0 Å². The predicted octanol–water partition coefficient (Wildman–Crippen LogP) is 2.98. The zero-order chi connectivity index (χ0) is 12.5. The largest absolute Gasteiger partial charge is 0.389 e. The van der Waals surface area contributed by atoms with Gasteiger partial charge in [-0.2, -0.15) is 0 Å². The summed E-state index contributed by atoms with van der Waals surface area (Å²) in [4.78, 5) is 0. The lowest BCUT2D eigenvalue weighted by Gasteiger charge is -2.29. The molecule has 0 radical (unpaired) electrons. The maximum Gasteiger partial charge on any atom is 0.0711 e. The van der Waals surface area contributed by atoms with E-state index >= 15 is 0 Å². The number of ether oxygens (including phenoxy) is 1. The summed E-state index contributed by atoms with van der Waals surface area (Å²) in [6, 6.07) is 5.97. The summed E-state index contributed by atoms with van der Waals surface area (Å²) < 4.78 is 5.34. The van der Waals surface area contributed by atoms with Crippen LogP contribution in [0.4, 0.5) is 0 Å². The molecule has 0 bridgehead atoms. The highest BCUT2D eigenvalue weighted by Gasteiger charge is 2.35. The number of halogens is 1. The van der Waals surface area contributed by atoms with Crippen LogP contribution in [0.3, 0.4) is 0 Å². The Morgan fingerprint density at radius 1 is 1.53 bits per heavy atom. The van der Waals surface area contributed by atoms with Crippen molar-refractivity contribution in [1.29, 1.82) is 0 Å². The molecule has 1 N–H and O–H groups in total. The lowest BCUT2D eigenvalue weighted by molar-refractivity contribution is -0.00453. The second kappa shape index (κ2) is 4.97. The first-order valence-electron chi connectivity index (χ1n) is 6.04. The maximum atomic E-state index is 10.5. The van der Waals surface area contributed by atoms with E-state index < -0.39 is 5.60 Å². The Labute approximate surface area is 108 Å². The van der Waals surface area contributed by atoms with Crippen molar-refractivity contribution in [3.05, 3.63) is 34.3 Å². The van der Waals surface area contributed by atoms with Gasteiger partial charge < -0.3 is 9.84 Å². The van der Waals surface area contributed by atoms with Gasteiger partial charge in [-0.1, -0.05) is 23.7 Å². The van der Waals surface area contributed by atoms with Crippen LogP contribution in [0, 0.1) is 12.8 Å². The highest BCUT2D eigenvalue weighted by atomic mass is 35.5. The zero-order valence-corrected chi connectivity index (χ0v) is 11.1. The monoisotopic (exact) mass is 254 g/mol. The minimum absolute atomic E-state index is 0.208. The second-order valence-electron chi connectivity index (χ2n) is 5.19. The highest BCUT2D eigenvalue weighted by Crippen LogP contribution is 2.31. The topological polar surface area (TPSA) is 29.5 Å². The first kappa shape index (κ1) is 12.9. The lowest BCUT2D eigenvalue weighted by Crippen LogP contribution is -2.37. The number of benzene rings is 1. The summed E-state index contributed by atoms with van der Waals surface area (Å²) in [5.74, 6) is 0.208. The molecule has 1 fully saturated rings. The Morgan fingerprint density at radius 2 is 2.29 bits per heavy atom. The van der Waals surface area contributed by atoms with Gasteiger partial charge in [0.05, 0.1) is 12.2 Å². The van der Waals surface area contributed by atoms with Crippen molar-refractivity contribution in [3.63, 3.8) is 0 Å². The minimum Gasteiger partial charge on any atom is -0.389 e. The Morgan fingerprint density at radius 3 is 2.88 bits per heavy atom. The lowest BCUT2D eigenvalue weighted by atomic mass is 9.83. The van der Waals surface area contributed by atoms with Crippen LogP contribution in [0.25, 0.3) is 0 Å². The molecule has 94 valence electrons. The molecule has 1 saturated heterocycles. The molecule has 0 amide bonds. The van der Waals surface area contributed by atoms with E-state index in [0.717, 1.165) is 29.2 Å². The first-order valence-corrected chi connectivity index (χ1v) is 6.42. The van der Waals surface area contributed by atoms with Gasteiger partial charge in [0.15, 0.2) is 0 Å². The van der Waals surface area contributed by atoms with E-state index in [9.17, 15) is 5.11 Å². The van der Waals surface area contributed by atoms with Crippen molar-refractivity contribution in [2.45, 2.75) is 32.3 Å². The molecule has 0 spiro atoms. The standard InChI is InChI=1S/C14H19ClO2/c1-10-3-4-11(13(15)7-10)8-14(2,16)12-5-6-17-9-12/h3-4,7,12,16H,5-6,8-9H2,1-2H3. The Hall–Kier alpha value is -0.570. The van der Waals surface area contributed by atoms with Crippen molar-refractivity contribution in [1.82, 2.24) is 0 Å². The predicted molar refractivity (Wildman–Crippen MR) is 69.4 cm³/mol. The highest BCUT2D eigenvalue weighted by molar-refractivity contribution is 6.31. The van der Waals surface area contributed by atoms with Gasteiger partial charge in [0.25, 0.3) is 0 Å². The average molecular weight is 255 g/mol. The number of hydrogen-bond acceptors (Lipinski definition) is 2. The quantitative estimate of drug-likeness (QED) is 0.899. The van der Waals surface area contributed by atoms with Crippen LogP contribution in [0.5, 0.6) is 0 Å². The third kappa shape index (κ3) is 3.01. The van der Waals surface area contributed by atoms with Crippen LogP contribution in [-0.4, -0.2) is 23.9 Å². The first-order chi connectivity index (χ1) is 7.99. The molecule has 1 heterocycles.